The molecular weight excluding hydrogens is 336 g/mol. The van der Waals surface area contributed by atoms with Gasteiger partial charge in [0.25, 0.3) is 0 Å². The van der Waals surface area contributed by atoms with Gasteiger partial charge in [0.1, 0.15) is 0 Å². The van der Waals surface area contributed by atoms with Gasteiger partial charge in [0.05, 0.1) is 29.6 Å². The number of hydrogen-bond acceptors (Lipinski definition) is 5. The highest BCUT2D eigenvalue weighted by Crippen LogP contribution is 2.21. The highest BCUT2D eigenvalue weighted by Gasteiger charge is 2.31. The maximum Gasteiger partial charge on any atom is 0.323 e. The second kappa shape index (κ2) is 7.74. The average Bonchev–Trinajstić information content (AvgIpc) is 3.00. The Labute approximate surface area is 150 Å². The Morgan fingerprint density at radius 1 is 1.35 bits per heavy atom. The van der Waals surface area contributed by atoms with Crippen molar-refractivity contribution in [3.8, 4) is 0 Å². The Morgan fingerprint density at radius 2 is 2.12 bits per heavy atom. The largest absolute Gasteiger partial charge is 0.466 e. The number of carbonyl (C=O) groups excluding carboxylic acids is 2. The van der Waals surface area contributed by atoms with E-state index in [0.717, 1.165) is 19.4 Å². The number of aromatic nitrogens is 2. The van der Waals surface area contributed by atoms with E-state index in [-0.39, 0.29) is 29.5 Å². The van der Waals surface area contributed by atoms with E-state index >= 15 is 0 Å². The molecule has 0 spiro atoms. The number of carbonyl (C=O) groups is 2. The molecule has 1 aliphatic heterocycles. The lowest BCUT2D eigenvalue weighted by molar-refractivity contribution is -0.150. The molecule has 1 aromatic carbocycles. The number of ether oxygens (including phenoxy) is 1. The quantitative estimate of drug-likeness (QED) is 0.700. The summed E-state index contributed by atoms with van der Waals surface area (Å²) in [5.41, 5.74) is 1.66. The number of likely N-dealkylation sites (tertiary alicyclic amines) is 1. The Bertz CT molecular complexity index is 856. The molecule has 0 saturated carbocycles. The second-order valence-electron chi connectivity index (χ2n) is 6.59. The van der Waals surface area contributed by atoms with Crippen molar-refractivity contribution in [3.05, 3.63) is 28.7 Å². The van der Waals surface area contributed by atoms with E-state index < -0.39 is 0 Å². The lowest BCUT2D eigenvalue weighted by Gasteiger charge is -2.35. The Hall–Kier alpha value is -2.61. The predicted octanol–water partition coefficient (Wildman–Crippen LogP) is 1.46. The first-order chi connectivity index (χ1) is 12.5. The summed E-state index contributed by atoms with van der Waals surface area (Å²) in [5.74, 6) is -0.515. The first kappa shape index (κ1) is 18.2. The molecule has 2 heterocycles. The zero-order valence-electron chi connectivity index (χ0n) is 15.0. The van der Waals surface area contributed by atoms with Crippen LogP contribution in [-0.2, 0) is 14.3 Å². The summed E-state index contributed by atoms with van der Waals surface area (Å²) in [4.78, 5) is 43.3. The van der Waals surface area contributed by atoms with Crippen LogP contribution in [-0.4, -0.2) is 52.5 Å². The van der Waals surface area contributed by atoms with Crippen molar-refractivity contribution >= 4 is 28.6 Å². The monoisotopic (exact) mass is 360 g/mol. The van der Waals surface area contributed by atoms with Gasteiger partial charge >= 0.3 is 11.7 Å². The summed E-state index contributed by atoms with van der Waals surface area (Å²) in [6.45, 7) is 5.30. The number of nitrogens with one attached hydrogen (secondary N) is 3. The molecule has 1 saturated heterocycles. The maximum atomic E-state index is 12.6. The number of imidazole rings is 1. The molecule has 1 aliphatic rings. The van der Waals surface area contributed by atoms with Gasteiger partial charge in [0.15, 0.2) is 0 Å². The highest BCUT2D eigenvalue weighted by molar-refractivity contribution is 5.96. The second-order valence-corrected chi connectivity index (χ2v) is 6.59. The van der Waals surface area contributed by atoms with Crippen LogP contribution >= 0.6 is 0 Å². The van der Waals surface area contributed by atoms with Crippen LogP contribution in [0.4, 0.5) is 5.69 Å². The smallest absolute Gasteiger partial charge is 0.323 e. The normalized spacial score (nSPS) is 19.2. The van der Waals surface area contributed by atoms with E-state index in [2.05, 4.69) is 15.3 Å². The van der Waals surface area contributed by atoms with E-state index in [1.807, 2.05) is 11.8 Å². The number of anilines is 1. The molecule has 0 aliphatic carbocycles. The molecule has 2 aromatic rings. The molecular formula is C18H24N4O4. The highest BCUT2D eigenvalue weighted by atomic mass is 16.5. The van der Waals surface area contributed by atoms with Crippen molar-refractivity contribution in [1.29, 1.82) is 0 Å². The number of piperidine rings is 1. The number of nitrogens with zero attached hydrogens (tertiary/aromatic N) is 1. The lowest BCUT2D eigenvalue weighted by atomic mass is 9.97. The average molecular weight is 360 g/mol. The molecule has 3 rings (SSSR count). The molecule has 26 heavy (non-hydrogen) atoms. The van der Waals surface area contributed by atoms with Crippen LogP contribution in [0.25, 0.3) is 11.0 Å². The van der Waals surface area contributed by atoms with Crippen molar-refractivity contribution in [3.63, 3.8) is 0 Å². The van der Waals surface area contributed by atoms with Crippen molar-refractivity contribution in [1.82, 2.24) is 14.9 Å². The first-order valence-electron chi connectivity index (χ1n) is 8.91. The van der Waals surface area contributed by atoms with Crippen molar-refractivity contribution in [2.75, 3.05) is 25.0 Å². The van der Waals surface area contributed by atoms with Crippen LogP contribution in [0.2, 0.25) is 0 Å². The molecule has 0 unspecified atom stereocenters. The number of H-pyrrole nitrogens is 2. The fourth-order valence-corrected chi connectivity index (χ4v) is 3.33. The number of esters is 1. The number of hydrogen-bond donors (Lipinski definition) is 3. The lowest BCUT2D eigenvalue weighted by Crippen LogP contribution is -2.48. The zero-order valence-corrected chi connectivity index (χ0v) is 15.0. The number of aromatic amines is 2. The van der Waals surface area contributed by atoms with E-state index in [9.17, 15) is 14.4 Å². The zero-order chi connectivity index (χ0) is 18.7. The van der Waals surface area contributed by atoms with Gasteiger partial charge in [-0.05, 0) is 51.4 Å². The summed E-state index contributed by atoms with van der Waals surface area (Å²) in [6, 6.07) is 4.84. The van der Waals surface area contributed by atoms with Gasteiger partial charge in [-0.1, -0.05) is 0 Å². The van der Waals surface area contributed by atoms with Crippen LogP contribution in [0.15, 0.2) is 23.0 Å². The minimum absolute atomic E-state index is 0.147. The number of amides is 1. The Kier molecular flexibility index (Phi) is 5.41. The molecule has 0 radical (unpaired) electrons. The van der Waals surface area contributed by atoms with Gasteiger partial charge in [-0.3, -0.25) is 14.5 Å². The number of fused-ring (bicyclic) bond motifs is 1. The molecule has 8 heteroatoms. The molecule has 2 atom stereocenters. The molecule has 140 valence electrons. The van der Waals surface area contributed by atoms with E-state index in [1.165, 1.54) is 0 Å². The SMILES string of the molecule is CCOC(=O)[C@@H]1CCCN([C@@H](C)C(=O)Nc2ccc3[nH]c(=O)[nH]c3c2)C1. The van der Waals surface area contributed by atoms with E-state index in [0.29, 0.717) is 29.9 Å². The van der Waals surface area contributed by atoms with Crippen LogP contribution in [0.1, 0.15) is 26.7 Å². The summed E-state index contributed by atoms with van der Waals surface area (Å²) < 4.78 is 5.11. The predicted molar refractivity (Wildman–Crippen MR) is 97.9 cm³/mol. The standard InChI is InChI=1S/C18H24N4O4/c1-3-26-17(24)12-5-4-8-22(10-12)11(2)16(23)19-13-6-7-14-15(9-13)21-18(25)20-14/h6-7,9,11-12H,3-5,8,10H2,1-2H3,(H,19,23)(H2,20,21,25)/t11-,12+/m0/s1. The summed E-state index contributed by atoms with van der Waals surface area (Å²) in [5, 5.41) is 2.88. The molecule has 8 nitrogen and oxygen atoms in total. The number of rotatable bonds is 5. The third-order valence-corrected chi connectivity index (χ3v) is 4.78. The van der Waals surface area contributed by atoms with Crippen molar-refractivity contribution in [2.45, 2.75) is 32.7 Å². The van der Waals surface area contributed by atoms with Gasteiger partial charge in [-0.15, -0.1) is 0 Å². The molecule has 3 N–H and O–H groups in total. The van der Waals surface area contributed by atoms with Gasteiger partial charge < -0.3 is 20.0 Å². The van der Waals surface area contributed by atoms with Gasteiger partial charge in [0, 0.05) is 12.2 Å². The third-order valence-electron chi connectivity index (χ3n) is 4.78. The van der Waals surface area contributed by atoms with Crippen LogP contribution in [0.5, 0.6) is 0 Å². The Balaban J connectivity index is 1.64. The molecule has 0 bridgehead atoms. The molecule has 1 fully saturated rings. The van der Waals surface area contributed by atoms with Crippen LogP contribution in [0, 0.1) is 5.92 Å². The number of benzene rings is 1. The van der Waals surface area contributed by atoms with Crippen molar-refractivity contribution < 1.29 is 14.3 Å². The minimum Gasteiger partial charge on any atom is -0.466 e. The first-order valence-corrected chi connectivity index (χ1v) is 8.91. The fraction of sp³-hybridized carbons (Fsp3) is 0.500. The Morgan fingerprint density at radius 3 is 2.88 bits per heavy atom. The van der Waals surface area contributed by atoms with E-state index in [1.54, 1.807) is 25.1 Å². The summed E-state index contributed by atoms with van der Waals surface area (Å²) in [6.07, 6.45) is 1.65. The summed E-state index contributed by atoms with van der Waals surface area (Å²) in [7, 11) is 0. The minimum atomic E-state index is -0.367. The van der Waals surface area contributed by atoms with Gasteiger partial charge in [-0.2, -0.15) is 0 Å². The molecule has 1 aromatic heterocycles. The van der Waals surface area contributed by atoms with Gasteiger partial charge in [0.2, 0.25) is 5.91 Å². The maximum absolute atomic E-state index is 12.6. The van der Waals surface area contributed by atoms with Crippen LogP contribution < -0.4 is 11.0 Å². The summed E-state index contributed by atoms with van der Waals surface area (Å²) >= 11 is 0. The van der Waals surface area contributed by atoms with Crippen LogP contribution in [0.3, 0.4) is 0 Å². The van der Waals surface area contributed by atoms with E-state index in [4.69, 9.17) is 4.74 Å². The van der Waals surface area contributed by atoms with Gasteiger partial charge in [-0.25, -0.2) is 4.79 Å². The topological polar surface area (TPSA) is 107 Å². The molecule has 1 amide bonds. The third kappa shape index (κ3) is 3.96. The fourth-order valence-electron chi connectivity index (χ4n) is 3.33. The van der Waals surface area contributed by atoms with Crippen molar-refractivity contribution in [2.24, 2.45) is 5.92 Å².